The Labute approximate surface area is 119 Å². The van der Waals surface area contributed by atoms with Gasteiger partial charge >= 0.3 is 0 Å². The van der Waals surface area contributed by atoms with E-state index in [2.05, 4.69) is 56.9 Å². The summed E-state index contributed by atoms with van der Waals surface area (Å²) in [5.74, 6) is 0. The molecule has 0 spiro atoms. The van der Waals surface area contributed by atoms with Gasteiger partial charge in [-0.15, -0.1) is 6.58 Å². The Balaban J connectivity index is 2.57. The first-order valence-electron chi connectivity index (χ1n) is 7.40. The van der Waals surface area contributed by atoms with Crippen LogP contribution in [-0.2, 0) is 0 Å². The maximum Gasteiger partial charge on any atom is 0.106 e. The van der Waals surface area contributed by atoms with Crippen molar-refractivity contribution in [3.05, 3.63) is 42.1 Å². The molecule has 1 N–H and O–H groups in total. The van der Waals surface area contributed by atoms with Gasteiger partial charge in [0, 0.05) is 0 Å². The van der Waals surface area contributed by atoms with E-state index in [0.717, 1.165) is 19.3 Å². The molecule has 0 aliphatic heterocycles. The zero-order chi connectivity index (χ0) is 14.3. The number of rotatable bonds is 8. The van der Waals surface area contributed by atoms with Gasteiger partial charge in [0.15, 0.2) is 0 Å². The first-order valence-corrected chi connectivity index (χ1v) is 10.4. The molecule has 0 aromatic heterocycles. The van der Waals surface area contributed by atoms with Crippen molar-refractivity contribution in [2.24, 2.45) is 0 Å². The molecule has 2 heteroatoms. The smallest absolute Gasteiger partial charge is 0.106 e. The van der Waals surface area contributed by atoms with Crippen molar-refractivity contribution < 1.29 is 5.11 Å². The van der Waals surface area contributed by atoms with E-state index in [1.807, 2.05) is 0 Å². The summed E-state index contributed by atoms with van der Waals surface area (Å²) < 4.78 is 0. The highest BCUT2D eigenvalue weighted by Crippen LogP contribution is 2.20. The summed E-state index contributed by atoms with van der Waals surface area (Å²) in [5.41, 5.74) is 0. The van der Waals surface area contributed by atoms with Crippen LogP contribution in [0.5, 0.6) is 0 Å². The van der Waals surface area contributed by atoms with Gasteiger partial charge in [-0.3, -0.25) is 0 Å². The lowest BCUT2D eigenvalue weighted by molar-refractivity contribution is 0.162. The summed E-state index contributed by atoms with van der Waals surface area (Å²) in [6, 6.07) is 10.6. The second-order valence-electron chi connectivity index (χ2n) is 5.95. The number of aliphatic hydroxyl groups excluding tert-OH is 1. The molecule has 0 heterocycles. The van der Waals surface area contributed by atoms with Crippen LogP contribution in [0.3, 0.4) is 0 Å². The van der Waals surface area contributed by atoms with Crippen molar-refractivity contribution in [2.75, 3.05) is 0 Å². The lowest BCUT2D eigenvalue weighted by atomic mass is 10.1. The van der Waals surface area contributed by atoms with E-state index in [-0.39, 0.29) is 6.10 Å². The third kappa shape index (κ3) is 4.96. The summed E-state index contributed by atoms with van der Waals surface area (Å²) in [7, 11) is -1.65. The standard InChI is InChI=1S/C17H28OSi/c1-5-6-8-11-16(18)14-15(2)19(3,4)17-12-9-7-10-13-17/h7,9-10,12-13,16,18H,2,5-6,8,11,14H2,1,3-4H3/t16-/m1/s1. The summed E-state index contributed by atoms with van der Waals surface area (Å²) in [5, 5.41) is 12.8. The molecule has 1 rings (SSSR count). The Morgan fingerprint density at radius 1 is 1.21 bits per heavy atom. The van der Waals surface area contributed by atoms with Crippen molar-refractivity contribution in [2.45, 2.75) is 58.2 Å². The molecule has 0 bridgehead atoms. The molecule has 0 amide bonds. The van der Waals surface area contributed by atoms with E-state index < -0.39 is 8.07 Å². The highest BCUT2D eigenvalue weighted by atomic mass is 28.3. The second kappa shape index (κ2) is 7.66. The summed E-state index contributed by atoms with van der Waals surface area (Å²) in [6.45, 7) is 11.1. The average Bonchev–Trinajstić information content (AvgIpc) is 2.40. The minimum atomic E-state index is -1.65. The highest BCUT2D eigenvalue weighted by Gasteiger charge is 2.27. The fourth-order valence-corrected chi connectivity index (χ4v) is 4.51. The predicted molar refractivity (Wildman–Crippen MR) is 87.5 cm³/mol. The monoisotopic (exact) mass is 276 g/mol. The van der Waals surface area contributed by atoms with E-state index >= 15 is 0 Å². The van der Waals surface area contributed by atoms with Gasteiger partial charge in [0.25, 0.3) is 0 Å². The molecule has 0 saturated carbocycles. The molecule has 1 nitrogen and oxygen atoms in total. The van der Waals surface area contributed by atoms with Gasteiger partial charge in [-0.1, -0.05) is 80.0 Å². The van der Waals surface area contributed by atoms with Gasteiger partial charge in [0.05, 0.1) is 6.10 Å². The lowest BCUT2D eigenvalue weighted by Gasteiger charge is -2.27. The molecule has 106 valence electrons. The topological polar surface area (TPSA) is 20.2 Å². The minimum absolute atomic E-state index is 0.213. The zero-order valence-corrected chi connectivity index (χ0v) is 13.7. The molecule has 0 fully saturated rings. The third-order valence-corrected chi connectivity index (χ3v) is 7.75. The van der Waals surface area contributed by atoms with Gasteiger partial charge in [0.2, 0.25) is 0 Å². The number of aliphatic hydroxyl groups is 1. The molecule has 0 saturated heterocycles. The molecule has 0 radical (unpaired) electrons. The zero-order valence-electron chi connectivity index (χ0n) is 12.7. The third-order valence-electron chi connectivity index (χ3n) is 4.00. The van der Waals surface area contributed by atoms with E-state index in [9.17, 15) is 5.11 Å². The molecule has 19 heavy (non-hydrogen) atoms. The first-order chi connectivity index (χ1) is 8.98. The maximum atomic E-state index is 10.1. The SMILES string of the molecule is C=C(C[C@H](O)CCCCC)[Si](C)(C)c1ccccc1. The Kier molecular flexibility index (Phi) is 6.53. The predicted octanol–water partition coefficient (Wildman–Crippen LogP) is 4.03. The van der Waals surface area contributed by atoms with Crippen molar-refractivity contribution in [3.63, 3.8) is 0 Å². The van der Waals surface area contributed by atoms with E-state index in [1.165, 1.54) is 23.2 Å². The van der Waals surface area contributed by atoms with Gasteiger partial charge in [-0.25, -0.2) is 0 Å². The van der Waals surface area contributed by atoms with E-state index in [1.54, 1.807) is 0 Å². The van der Waals surface area contributed by atoms with E-state index in [4.69, 9.17) is 0 Å². The van der Waals surface area contributed by atoms with Crippen LogP contribution in [0.25, 0.3) is 0 Å². The van der Waals surface area contributed by atoms with Crippen LogP contribution in [0.1, 0.15) is 39.0 Å². The number of hydrogen-bond acceptors (Lipinski definition) is 1. The van der Waals surface area contributed by atoms with Gasteiger partial charge < -0.3 is 5.11 Å². The van der Waals surface area contributed by atoms with Gasteiger partial charge in [0.1, 0.15) is 8.07 Å². The fraction of sp³-hybridized carbons (Fsp3) is 0.529. The molecule has 0 aliphatic rings. The average molecular weight is 276 g/mol. The Morgan fingerprint density at radius 3 is 2.42 bits per heavy atom. The van der Waals surface area contributed by atoms with Crippen LogP contribution < -0.4 is 5.19 Å². The van der Waals surface area contributed by atoms with Crippen molar-refractivity contribution in [1.29, 1.82) is 0 Å². The molecule has 1 aromatic carbocycles. The second-order valence-corrected chi connectivity index (χ2v) is 10.5. The van der Waals surface area contributed by atoms with Crippen LogP contribution in [0.2, 0.25) is 13.1 Å². The summed E-state index contributed by atoms with van der Waals surface area (Å²) in [4.78, 5) is 0. The molecule has 1 aromatic rings. The molecule has 1 atom stereocenters. The molecular formula is C17H28OSi. The van der Waals surface area contributed by atoms with Gasteiger partial charge in [-0.05, 0) is 12.8 Å². The van der Waals surface area contributed by atoms with E-state index in [0.29, 0.717) is 0 Å². The first kappa shape index (κ1) is 16.2. The Morgan fingerprint density at radius 2 is 1.84 bits per heavy atom. The summed E-state index contributed by atoms with van der Waals surface area (Å²) >= 11 is 0. The Bertz CT molecular complexity index is 384. The Hall–Kier alpha value is -0.863. The van der Waals surface area contributed by atoms with Crippen LogP contribution in [0.4, 0.5) is 0 Å². The fourth-order valence-electron chi connectivity index (χ4n) is 2.33. The van der Waals surface area contributed by atoms with Gasteiger partial charge in [-0.2, -0.15) is 0 Å². The molecule has 0 aliphatic carbocycles. The summed E-state index contributed by atoms with van der Waals surface area (Å²) in [6.07, 6.45) is 5.00. The van der Waals surface area contributed by atoms with Crippen molar-refractivity contribution in [3.8, 4) is 0 Å². The van der Waals surface area contributed by atoms with Crippen LogP contribution in [0.15, 0.2) is 42.1 Å². The van der Waals surface area contributed by atoms with Crippen LogP contribution >= 0.6 is 0 Å². The minimum Gasteiger partial charge on any atom is -0.393 e. The van der Waals surface area contributed by atoms with Crippen LogP contribution in [0, 0.1) is 0 Å². The number of benzene rings is 1. The quantitative estimate of drug-likeness (QED) is 0.561. The number of hydrogen-bond donors (Lipinski definition) is 1. The largest absolute Gasteiger partial charge is 0.393 e. The lowest BCUT2D eigenvalue weighted by Crippen LogP contribution is -2.44. The van der Waals surface area contributed by atoms with Crippen molar-refractivity contribution >= 4 is 13.3 Å². The normalized spacial score (nSPS) is 13.3. The molecular weight excluding hydrogens is 248 g/mol. The maximum absolute atomic E-state index is 10.1. The number of unbranched alkanes of at least 4 members (excludes halogenated alkanes) is 2. The van der Waals surface area contributed by atoms with Crippen molar-refractivity contribution in [1.82, 2.24) is 0 Å². The highest BCUT2D eigenvalue weighted by molar-refractivity contribution is 6.95. The van der Waals surface area contributed by atoms with Crippen LogP contribution in [-0.4, -0.2) is 19.3 Å². The molecule has 0 unspecified atom stereocenters.